The van der Waals surface area contributed by atoms with Gasteiger partial charge in [-0.2, -0.15) is 0 Å². The van der Waals surface area contributed by atoms with Gasteiger partial charge in [-0.05, 0) is 52.0 Å². The van der Waals surface area contributed by atoms with E-state index in [9.17, 15) is 14.4 Å². The molecular weight excluding hydrogens is 270 g/mol. The molecule has 1 aromatic carbocycles. The van der Waals surface area contributed by atoms with E-state index >= 15 is 0 Å². The molecule has 0 spiro atoms. The summed E-state index contributed by atoms with van der Waals surface area (Å²) in [5.41, 5.74) is -0.510. The van der Waals surface area contributed by atoms with Gasteiger partial charge in [-0.3, -0.25) is 14.4 Å². The van der Waals surface area contributed by atoms with Crippen LogP contribution in [-0.2, 0) is 9.59 Å². The Balaban J connectivity index is 2.93. The Labute approximate surface area is 124 Å². The fourth-order valence-corrected chi connectivity index (χ4v) is 2.48. The van der Waals surface area contributed by atoms with Crippen molar-refractivity contribution >= 4 is 17.5 Å². The summed E-state index contributed by atoms with van der Waals surface area (Å²) in [6, 6.07) is 6.60. The molecule has 1 rings (SSSR count). The Morgan fingerprint density at radius 3 is 1.90 bits per heavy atom. The van der Waals surface area contributed by atoms with Crippen molar-refractivity contribution in [3.05, 3.63) is 29.8 Å². The van der Waals surface area contributed by atoms with Gasteiger partial charge in [-0.25, -0.2) is 0 Å². The van der Waals surface area contributed by atoms with Gasteiger partial charge in [0.05, 0.1) is 18.6 Å². The molecular formula is C16H21NO4. The van der Waals surface area contributed by atoms with Crippen LogP contribution < -0.4 is 10.1 Å². The normalized spacial score (nSPS) is 11.1. The summed E-state index contributed by atoms with van der Waals surface area (Å²) >= 11 is 0. The number of hydrogen-bond donors (Lipinski definition) is 1. The molecule has 1 N–H and O–H groups in total. The largest absolute Gasteiger partial charge is 0.497 e. The number of Topliss-reactive ketones (excluding diaryl/α,β-unsaturated/α-hetero) is 2. The molecule has 0 atom stereocenters. The minimum Gasteiger partial charge on any atom is -0.497 e. The molecule has 0 bridgehead atoms. The van der Waals surface area contributed by atoms with Crippen LogP contribution in [0.5, 0.6) is 5.75 Å². The lowest BCUT2D eigenvalue weighted by Crippen LogP contribution is -2.53. The molecule has 0 heterocycles. The van der Waals surface area contributed by atoms with Crippen LogP contribution in [0.15, 0.2) is 24.3 Å². The lowest BCUT2D eigenvalue weighted by Gasteiger charge is -2.32. The topological polar surface area (TPSA) is 72.5 Å². The van der Waals surface area contributed by atoms with Gasteiger partial charge in [0, 0.05) is 5.56 Å². The number of hydrogen-bond acceptors (Lipinski definition) is 4. The number of carbonyl (C=O) groups excluding carboxylic acids is 3. The highest BCUT2D eigenvalue weighted by atomic mass is 16.5. The standard InChI is InChI=1S/C16H21NO4/c1-10(18)14(11(2)19)16(3,4)17-15(20)12-6-8-13(21-5)9-7-12/h6-9,14H,1-5H3,(H,17,20). The van der Waals surface area contributed by atoms with Crippen molar-refractivity contribution < 1.29 is 19.1 Å². The quantitative estimate of drug-likeness (QED) is 0.814. The summed E-state index contributed by atoms with van der Waals surface area (Å²) in [5.74, 6) is -1.07. The second-order valence-corrected chi connectivity index (χ2v) is 5.56. The zero-order valence-corrected chi connectivity index (χ0v) is 13.0. The molecule has 0 aliphatic carbocycles. The molecule has 0 saturated carbocycles. The fraction of sp³-hybridized carbons (Fsp3) is 0.438. The Bertz CT molecular complexity index is 532. The van der Waals surface area contributed by atoms with Gasteiger partial charge in [-0.1, -0.05) is 0 Å². The number of ether oxygens (including phenoxy) is 1. The first-order chi connectivity index (χ1) is 9.69. The summed E-state index contributed by atoms with van der Waals surface area (Å²) in [7, 11) is 1.54. The summed E-state index contributed by atoms with van der Waals surface area (Å²) in [5, 5.41) is 2.75. The number of ketones is 2. The Kier molecular flexibility index (Phi) is 5.24. The maximum absolute atomic E-state index is 12.2. The van der Waals surface area contributed by atoms with Gasteiger partial charge >= 0.3 is 0 Å². The summed E-state index contributed by atoms with van der Waals surface area (Å²) in [6.45, 7) is 6.05. The maximum atomic E-state index is 12.2. The van der Waals surface area contributed by atoms with E-state index in [-0.39, 0.29) is 17.5 Å². The van der Waals surface area contributed by atoms with Gasteiger partial charge < -0.3 is 10.1 Å². The SMILES string of the molecule is COc1ccc(C(=O)NC(C)(C)C(C(C)=O)C(C)=O)cc1. The third-order valence-corrected chi connectivity index (χ3v) is 3.32. The minimum absolute atomic E-state index is 0.262. The van der Waals surface area contributed by atoms with Crippen LogP contribution in [-0.4, -0.2) is 30.1 Å². The number of benzene rings is 1. The third kappa shape index (κ3) is 4.15. The first-order valence-electron chi connectivity index (χ1n) is 6.66. The van der Waals surface area contributed by atoms with Crippen molar-refractivity contribution in [3.63, 3.8) is 0 Å². The molecule has 1 aromatic rings. The first kappa shape index (κ1) is 16.9. The Hall–Kier alpha value is -2.17. The van der Waals surface area contributed by atoms with Crippen LogP contribution in [0.1, 0.15) is 38.1 Å². The smallest absolute Gasteiger partial charge is 0.251 e. The second-order valence-electron chi connectivity index (χ2n) is 5.56. The predicted octanol–water partition coefficient (Wildman–Crippen LogP) is 2.00. The molecule has 21 heavy (non-hydrogen) atoms. The number of amides is 1. The highest BCUT2D eigenvalue weighted by Gasteiger charge is 2.37. The summed E-state index contributed by atoms with van der Waals surface area (Å²) < 4.78 is 5.03. The van der Waals surface area contributed by atoms with Gasteiger partial charge in [0.15, 0.2) is 0 Å². The molecule has 1 amide bonds. The highest BCUT2D eigenvalue weighted by molar-refractivity contribution is 6.03. The molecule has 114 valence electrons. The number of methoxy groups -OCH3 is 1. The van der Waals surface area contributed by atoms with E-state index in [1.54, 1.807) is 45.2 Å². The van der Waals surface area contributed by atoms with Crippen LogP contribution in [0.4, 0.5) is 0 Å². The zero-order valence-electron chi connectivity index (χ0n) is 13.0. The summed E-state index contributed by atoms with van der Waals surface area (Å²) in [6.07, 6.45) is 0. The summed E-state index contributed by atoms with van der Waals surface area (Å²) in [4.78, 5) is 35.5. The van der Waals surface area contributed by atoms with Gasteiger partial charge in [0.2, 0.25) is 0 Å². The lowest BCUT2D eigenvalue weighted by atomic mass is 9.81. The van der Waals surface area contributed by atoms with E-state index in [0.717, 1.165) is 0 Å². The maximum Gasteiger partial charge on any atom is 0.251 e. The molecule has 0 aliphatic rings. The molecule has 5 heteroatoms. The van der Waals surface area contributed by atoms with E-state index in [2.05, 4.69) is 5.32 Å². The Morgan fingerprint density at radius 2 is 1.52 bits per heavy atom. The van der Waals surface area contributed by atoms with E-state index in [0.29, 0.717) is 11.3 Å². The van der Waals surface area contributed by atoms with Crippen molar-refractivity contribution in [1.82, 2.24) is 5.32 Å². The first-order valence-corrected chi connectivity index (χ1v) is 6.66. The molecule has 0 fully saturated rings. The predicted molar refractivity (Wildman–Crippen MR) is 79.4 cm³/mol. The average molecular weight is 291 g/mol. The van der Waals surface area contributed by atoms with Crippen LogP contribution in [0.25, 0.3) is 0 Å². The van der Waals surface area contributed by atoms with Crippen molar-refractivity contribution in [2.75, 3.05) is 7.11 Å². The van der Waals surface area contributed by atoms with E-state index in [1.165, 1.54) is 13.8 Å². The van der Waals surface area contributed by atoms with Gasteiger partial charge in [0.25, 0.3) is 5.91 Å². The van der Waals surface area contributed by atoms with Crippen molar-refractivity contribution in [1.29, 1.82) is 0 Å². The third-order valence-electron chi connectivity index (χ3n) is 3.32. The van der Waals surface area contributed by atoms with Crippen molar-refractivity contribution in [2.45, 2.75) is 33.2 Å². The van der Waals surface area contributed by atoms with E-state index in [4.69, 9.17) is 4.74 Å². The van der Waals surface area contributed by atoms with Gasteiger partial charge in [-0.15, -0.1) is 0 Å². The highest BCUT2D eigenvalue weighted by Crippen LogP contribution is 2.20. The van der Waals surface area contributed by atoms with E-state index < -0.39 is 11.5 Å². The zero-order chi connectivity index (χ0) is 16.2. The lowest BCUT2D eigenvalue weighted by molar-refractivity contribution is -0.133. The average Bonchev–Trinajstić information content (AvgIpc) is 2.36. The van der Waals surface area contributed by atoms with Crippen molar-refractivity contribution in [2.24, 2.45) is 5.92 Å². The second kappa shape index (κ2) is 6.52. The van der Waals surface area contributed by atoms with E-state index in [1.807, 2.05) is 0 Å². The fourth-order valence-electron chi connectivity index (χ4n) is 2.48. The van der Waals surface area contributed by atoms with Crippen LogP contribution >= 0.6 is 0 Å². The number of carbonyl (C=O) groups is 3. The molecule has 5 nitrogen and oxygen atoms in total. The number of rotatable bonds is 6. The van der Waals surface area contributed by atoms with Crippen LogP contribution in [0, 0.1) is 5.92 Å². The molecule has 0 aliphatic heterocycles. The van der Waals surface area contributed by atoms with Gasteiger partial charge in [0.1, 0.15) is 17.3 Å². The molecule has 0 unspecified atom stereocenters. The molecule has 0 saturated heterocycles. The minimum atomic E-state index is -0.950. The molecule has 0 radical (unpaired) electrons. The van der Waals surface area contributed by atoms with Crippen LogP contribution in [0.2, 0.25) is 0 Å². The monoisotopic (exact) mass is 291 g/mol. The van der Waals surface area contributed by atoms with Crippen LogP contribution in [0.3, 0.4) is 0 Å². The Morgan fingerprint density at radius 1 is 1.05 bits per heavy atom. The number of nitrogens with one attached hydrogen (secondary N) is 1. The molecule has 0 aromatic heterocycles. The van der Waals surface area contributed by atoms with Crippen molar-refractivity contribution in [3.8, 4) is 5.75 Å².